The fourth-order valence-corrected chi connectivity index (χ4v) is 1.89. The predicted octanol–water partition coefficient (Wildman–Crippen LogP) is -0.866. The van der Waals surface area contributed by atoms with Gasteiger partial charge in [-0.05, 0) is 19.3 Å². The largest absolute Gasteiger partial charge is 0.480 e. The second kappa shape index (κ2) is 4.60. The number of aliphatic carboxylic acids is 1. The van der Waals surface area contributed by atoms with E-state index in [1.165, 1.54) is 0 Å². The van der Waals surface area contributed by atoms with Gasteiger partial charge in [0, 0.05) is 12.6 Å². The third kappa shape index (κ3) is 2.48. The summed E-state index contributed by atoms with van der Waals surface area (Å²) < 4.78 is 0. The van der Waals surface area contributed by atoms with Crippen molar-refractivity contribution in [3.63, 3.8) is 0 Å². The molecule has 1 saturated carbocycles. The van der Waals surface area contributed by atoms with Crippen molar-refractivity contribution in [2.75, 3.05) is 13.1 Å². The van der Waals surface area contributed by atoms with Crippen LogP contribution < -0.4 is 10.6 Å². The van der Waals surface area contributed by atoms with Crippen molar-refractivity contribution >= 4 is 17.9 Å². The van der Waals surface area contributed by atoms with Crippen LogP contribution in [0.15, 0.2) is 0 Å². The molecule has 2 rings (SSSR count). The van der Waals surface area contributed by atoms with Gasteiger partial charge in [-0.2, -0.15) is 0 Å². The van der Waals surface area contributed by atoms with Crippen LogP contribution in [0.25, 0.3) is 0 Å². The van der Waals surface area contributed by atoms with E-state index in [0.29, 0.717) is 0 Å². The Morgan fingerprint density at radius 3 is 2.65 bits per heavy atom. The summed E-state index contributed by atoms with van der Waals surface area (Å²) in [6.07, 6.45) is 2.92. The van der Waals surface area contributed by atoms with Gasteiger partial charge in [0.05, 0.1) is 0 Å². The van der Waals surface area contributed by atoms with Crippen LogP contribution in [-0.4, -0.2) is 53.1 Å². The number of amides is 3. The Kier molecular flexibility index (Phi) is 3.16. The Hall–Kier alpha value is -1.79. The molecule has 0 aromatic rings. The molecule has 1 unspecified atom stereocenters. The fourth-order valence-electron chi connectivity index (χ4n) is 1.89. The Balaban J connectivity index is 2.00. The van der Waals surface area contributed by atoms with E-state index in [2.05, 4.69) is 10.6 Å². The van der Waals surface area contributed by atoms with Crippen LogP contribution in [0.2, 0.25) is 0 Å². The second-order valence-electron chi connectivity index (χ2n) is 4.36. The normalized spacial score (nSPS) is 24.8. The number of urea groups is 1. The maximum absolute atomic E-state index is 11.8. The number of piperazine rings is 1. The molecule has 1 atom stereocenters. The SMILES string of the molecule is O=C1CN(C(=O)NC2CCC2)C(C(=O)O)CN1. The molecular formula is C10H15N3O4. The number of hydrogen-bond donors (Lipinski definition) is 3. The molecular weight excluding hydrogens is 226 g/mol. The Bertz CT molecular complexity index is 353. The first-order valence-electron chi connectivity index (χ1n) is 5.64. The summed E-state index contributed by atoms with van der Waals surface area (Å²) >= 11 is 0. The van der Waals surface area contributed by atoms with Gasteiger partial charge in [0.2, 0.25) is 5.91 Å². The predicted molar refractivity (Wildman–Crippen MR) is 57.3 cm³/mol. The van der Waals surface area contributed by atoms with Crippen molar-refractivity contribution < 1.29 is 19.5 Å². The molecule has 1 aliphatic heterocycles. The molecule has 94 valence electrons. The molecule has 3 N–H and O–H groups in total. The Morgan fingerprint density at radius 1 is 1.41 bits per heavy atom. The van der Waals surface area contributed by atoms with Crippen molar-refractivity contribution in [3.8, 4) is 0 Å². The van der Waals surface area contributed by atoms with Crippen molar-refractivity contribution in [2.45, 2.75) is 31.3 Å². The van der Waals surface area contributed by atoms with E-state index < -0.39 is 18.0 Å². The van der Waals surface area contributed by atoms with Crippen LogP contribution in [0.3, 0.4) is 0 Å². The Morgan fingerprint density at radius 2 is 2.12 bits per heavy atom. The van der Waals surface area contributed by atoms with E-state index >= 15 is 0 Å². The van der Waals surface area contributed by atoms with E-state index in [9.17, 15) is 14.4 Å². The molecule has 0 bridgehead atoms. The summed E-state index contributed by atoms with van der Waals surface area (Å²) in [7, 11) is 0. The first-order chi connectivity index (χ1) is 8.08. The molecule has 17 heavy (non-hydrogen) atoms. The minimum atomic E-state index is -1.10. The van der Waals surface area contributed by atoms with Gasteiger partial charge in [0.1, 0.15) is 12.6 Å². The van der Waals surface area contributed by atoms with Crippen LogP contribution in [0.4, 0.5) is 4.79 Å². The number of hydrogen-bond acceptors (Lipinski definition) is 3. The second-order valence-corrected chi connectivity index (χ2v) is 4.36. The van der Waals surface area contributed by atoms with Crippen molar-refractivity contribution in [2.24, 2.45) is 0 Å². The number of rotatable bonds is 2. The standard InChI is InChI=1S/C10H15N3O4/c14-8-5-13(7(4-11-8)9(15)16)10(17)12-6-2-1-3-6/h6-7H,1-5H2,(H,11,14)(H,12,17)(H,15,16). The van der Waals surface area contributed by atoms with Crippen LogP contribution in [0, 0.1) is 0 Å². The number of carboxylic acids is 1. The van der Waals surface area contributed by atoms with Crippen LogP contribution in [0.1, 0.15) is 19.3 Å². The summed E-state index contributed by atoms with van der Waals surface area (Å²) in [6.45, 7) is -0.234. The topological polar surface area (TPSA) is 98.7 Å². The molecule has 0 aromatic heterocycles. The summed E-state index contributed by atoms with van der Waals surface area (Å²) in [4.78, 5) is 35.1. The fraction of sp³-hybridized carbons (Fsp3) is 0.700. The minimum absolute atomic E-state index is 0.0355. The summed E-state index contributed by atoms with van der Waals surface area (Å²) in [5, 5.41) is 14.1. The van der Waals surface area contributed by atoms with Gasteiger partial charge in [0.25, 0.3) is 0 Å². The molecule has 0 aromatic carbocycles. The summed E-state index contributed by atoms with van der Waals surface area (Å²) in [5.74, 6) is -1.43. The van der Waals surface area contributed by atoms with Gasteiger partial charge in [-0.25, -0.2) is 9.59 Å². The third-order valence-corrected chi connectivity index (χ3v) is 3.16. The molecule has 7 nitrogen and oxygen atoms in total. The van der Waals surface area contributed by atoms with Crippen LogP contribution in [-0.2, 0) is 9.59 Å². The maximum Gasteiger partial charge on any atom is 0.328 e. The number of nitrogens with one attached hydrogen (secondary N) is 2. The summed E-state index contributed by atoms with van der Waals surface area (Å²) in [6, 6.07) is -1.31. The average Bonchev–Trinajstić information content (AvgIpc) is 2.22. The highest BCUT2D eigenvalue weighted by atomic mass is 16.4. The highest BCUT2D eigenvalue weighted by Gasteiger charge is 2.36. The molecule has 7 heteroatoms. The van der Waals surface area contributed by atoms with Crippen molar-refractivity contribution in [3.05, 3.63) is 0 Å². The molecule has 3 amide bonds. The van der Waals surface area contributed by atoms with Crippen LogP contribution in [0.5, 0.6) is 0 Å². The van der Waals surface area contributed by atoms with Gasteiger partial charge in [-0.3, -0.25) is 9.69 Å². The van der Waals surface area contributed by atoms with E-state index in [0.717, 1.165) is 24.2 Å². The van der Waals surface area contributed by atoms with Crippen molar-refractivity contribution in [1.82, 2.24) is 15.5 Å². The smallest absolute Gasteiger partial charge is 0.328 e. The zero-order valence-corrected chi connectivity index (χ0v) is 9.31. The average molecular weight is 241 g/mol. The minimum Gasteiger partial charge on any atom is -0.480 e. The van der Waals surface area contributed by atoms with E-state index in [1.54, 1.807) is 0 Å². The molecule has 2 aliphatic rings. The maximum atomic E-state index is 11.8. The lowest BCUT2D eigenvalue weighted by Crippen LogP contribution is -2.62. The third-order valence-electron chi connectivity index (χ3n) is 3.16. The lowest BCUT2D eigenvalue weighted by atomic mass is 9.93. The highest BCUT2D eigenvalue weighted by molar-refractivity contribution is 5.90. The molecule has 0 radical (unpaired) electrons. The lowest BCUT2D eigenvalue weighted by molar-refractivity contribution is -0.144. The number of nitrogens with zero attached hydrogens (tertiary/aromatic N) is 1. The van der Waals surface area contributed by atoms with Gasteiger partial charge >= 0.3 is 12.0 Å². The van der Waals surface area contributed by atoms with Gasteiger partial charge in [0.15, 0.2) is 0 Å². The van der Waals surface area contributed by atoms with E-state index in [4.69, 9.17) is 5.11 Å². The molecule has 1 saturated heterocycles. The number of carboxylic acid groups (broad SMARTS) is 1. The van der Waals surface area contributed by atoms with Crippen LogP contribution >= 0.6 is 0 Å². The first-order valence-corrected chi connectivity index (χ1v) is 5.64. The van der Waals surface area contributed by atoms with E-state index in [1.807, 2.05) is 0 Å². The molecule has 1 heterocycles. The summed E-state index contributed by atoms with van der Waals surface area (Å²) in [5.41, 5.74) is 0. The number of carbonyl (C=O) groups excluding carboxylic acids is 2. The van der Waals surface area contributed by atoms with Gasteiger partial charge < -0.3 is 15.7 Å². The monoisotopic (exact) mass is 241 g/mol. The lowest BCUT2D eigenvalue weighted by Gasteiger charge is -2.35. The van der Waals surface area contributed by atoms with Crippen molar-refractivity contribution in [1.29, 1.82) is 0 Å². The zero-order chi connectivity index (χ0) is 12.4. The molecule has 2 fully saturated rings. The van der Waals surface area contributed by atoms with Gasteiger partial charge in [-0.1, -0.05) is 0 Å². The first kappa shape index (κ1) is 11.7. The zero-order valence-electron chi connectivity index (χ0n) is 9.31. The van der Waals surface area contributed by atoms with Gasteiger partial charge in [-0.15, -0.1) is 0 Å². The molecule has 0 spiro atoms. The molecule has 1 aliphatic carbocycles. The quantitative estimate of drug-likeness (QED) is 0.585. The van der Waals surface area contributed by atoms with E-state index in [-0.39, 0.29) is 25.0 Å². The Labute approximate surface area is 98.2 Å². The number of carbonyl (C=O) groups is 3. The highest BCUT2D eigenvalue weighted by Crippen LogP contribution is 2.18.